The summed E-state index contributed by atoms with van der Waals surface area (Å²) in [5.41, 5.74) is 0.397. The lowest BCUT2D eigenvalue weighted by molar-refractivity contribution is -0.385. The lowest BCUT2D eigenvalue weighted by atomic mass is 10.2. The molecule has 0 N–H and O–H groups in total. The van der Waals surface area contributed by atoms with Crippen LogP contribution in [0.4, 0.5) is 10.1 Å². The number of rotatable bonds is 4. The maximum Gasteiger partial charge on any atom is 0.283 e. The Hall–Kier alpha value is -1.60. The highest BCUT2D eigenvalue weighted by molar-refractivity contribution is 9.10. The van der Waals surface area contributed by atoms with E-state index in [0.29, 0.717) is 5.56 Å². The normalized spacial score (nSPS) is 12.1. The van der Waals surface area contributed by atoms with Gasteiger partial charge in [0, 0.05) is 6.07 Å². The minimum absolute atomic E-state index is 0.00317. The van der Waals surface area contributed by atoms with Gasteiger partial charge in [-0.15, -0.1) is 0 Å². The lowest BCUT2D eigenvalue weighted by Crippen LogP contribution is -2.01. The van der Waals surface area contributed by atoms with Crippen LogP contribution in [0.25, 0.3) is 0 Å². The van der Waals surface area contributed by atoms with Gasteiger partial charge in [0.05, 0.1) is 30.8 Å². The first-order valence-corrected chi connectivity index (χ1v) is 7.66. The average molecular weight is 358 g/mol. The van der Waals surface area contributed by atoms with Crippen molar-refractivity contribution in [2.24, 2.45) is 0 Å². The Bertz CT molecular complexity index is 693. The third kappa shape index (κ3) is 3.10. The van der Waals surface area contributed by atoms with E-state index < -0.39 is 21.5 Å². The minimum Gasteiger partial charge on any atom is -0.258 e. The second-order valence-corrected chi connectivity index (χ2v) is 6.14. The number of hydrogen-bond acceptors (Lipinski definition) is 3. The molecule has 104 valence electrons. The molecule has 7 heteroatoms. The molecule has 0 heterocycles. The van der Waals surface area contributed by atoms with Crippen LogP contribution in [0, 0.1) is 15.9 Å². The van der Waals surface area contributed by atoms with Crippen molar-refractivity contribution in [1.82, 2.24) is 0 Å². The van der Waals surface area contributed by atoms with Crippen molar-refractivity contribution in [3.8, 4) is 0 Å². The summed E-state index contributed by atoms with van der Waals surface area (Å²) in [6.07, 6.45) is 0. The fraction of sp³-hybridized carbons (Fsp3) is 0.0769. The van der Waals surface area contributed by atoms with E-state index in [9.17, 15) is 18.7 Å². The van der Waals surface area contributed by atoms with Crippen LogP contribution in [0.15, 0.2) is 51.8 Å². The first kappa shape index (κ1) is 14.8. The van der Waals surface area contributed by atoms with Crippen molar-refractivity contribution in [3.63, 3.8) is 0 Å². The Morgan fingerprint density at radius 2 is 1.90 bits per heavy atom. The third-order valence-electron chi connectivity index (χ3n) is 2.62. The molecule has 2 rings (SSSR count). The van der Waals surface area contributed by atoms with Gasteiger partial charge in [-0.05, 0) is 33.6 Å². The van der Waals surface area contributed by atoms with Gasteiger partial charge in [0.25, 0.3) is 5.69 Å². The van der Waals surface area contributed by atoms with E-state index >= 15 is 0 Å². The summed E-state index contributed by atoms with van der Waals surface area (Å²) in [5, 5.41) is 10.8. The van der Waals surface area contributed by atoms with Crippen LogP contribution in [-0.4, -0.2) is 9.13 Å². The predicted octanol–water partition coefficient (Wildman–Crippen LogP) is 3.80. The van der Waals surface area contributed by atoms with Crippen molar-refractivity contribution in [2.75, 3.05) is 0 Å². The molecule has 1 atom stereocenters. The summed E-state index contributed by atoms with van der Waals surface area (Å²) in [4.78, 5) is 10.4. The lowest BCUT2D eigenvalue weighted by Gasteiger charge is -2.06. The van der Waals surface area contributed by atoms with Crippen LogP contribution in [0.1, 0.15) is 5.56 Å². The van der Waals surface area contributed by atoms with Gasteiger partial charge >= 0.3 is 0 Å². The fourth-order valence-electron chi connectivity index (χ4n) is 1.67. The van der Waals surface area contributed by atoms with E-state index in [-0.39, 0.29) is 20.8 Å². The minimum atomic E-state index is -1.61. The summed E-state index contributed by atoms with van der Waals surface area (Å²) in [6, 6.07) is 10.3. The third-order valence-corrected chi connectivity index (χ3v) is 4.93. The highest BCUT2D eigenvalue weighted by Gasteiger charge is 2.18. The van der Waals surface area contributed by atoms with Crippen molar-refractivity contribution in [3.05, 3.63) is 68.4 Å². The number of nitro benzene ring substituents is 1. The molecule has 0 saturated heterocycles. The Morgan fingerprint density at radius 3 is 2.55 bits per heavy atom. The van der Waals surface area contributed by atoms with E-state index in [1.807, 2.05) is 0 Å². The highest BCUT2D eigenvalue weighted by atomic mass is 79.9. The first-order chi connectivity index (χ1) is 9.50. The standard InChI is InChI=1S/C13H9BrFNO3S/c14-13-9(4-3-6-11(13)16(17)18)8-20(19)12-7-2-1-5-10(12)15/h1-7H,8H2. The van der Waals surface area contributed by atoms with Gasteiger partial charge in [-0.2, -0.15) is 0 Å². The zero-order valence-corrected chi connectivity index (χ0v) is 12.5. The van der Waals surface area contributed by atoms with E-state index in [2.05, 4.69) is 15.9 Å². The van der Waals surface area contributed by atoms with E-state index in [4.69, 9.17) is 0 Å². The van der Waals surface area contributed by atoms with Gasteiger partial charge in [-0.1, -0.05) is 24.3 Å². The van der Waals surface area contributed by atoms with Crippen LogP contribution in [0.2, 0.25) is 0 Å². The zero-order chi connectivity index (χ0) is 14.7. The fourth-order valence-corrected chi connectivity index (χ4v) is 3.60. The van der Waals surface area contributed by atoms with Gasteiger partial charge in [0.2, 0.25) is 0 Å². The summed E-state index contributed by atoms with van der Waals surface area (Å²) >= 11 is 3.13. The molecule has 4 nitrogen and oxygen atoms in total. The van der Waals surface area contributed by atoms with E-state index in [1.54, 1.807) is 12.1 Å². The van der Waals surface area contributed by atoms with Crippen LogP contribution >= 0.6 is 15.9 Å². The Balaban J connectivity index is 2.32. The van der Waals surface area contributed by atoms with Crippen LogP contribution < -0.4 is 0 Å². The maximum atomic E-state index is 13.5. The van der Waals surface area contributed by atoms with Gasteiger partial charge in [-0.25, -0.2) is 4.39 Å². The van der Waals surface area contributed by atoms with Crippen molar-refractivity contribution < 1.29 is 13.5 Å². The molecule has 2 aromatic carbocycles. The zero-order valence-electron chi connectivity index (χ0n) is 10.1. The van der Waals surface area contributed by atoms with Crippen LogP contribution in [0.3, 0.4) is 0 Å². The molecule has 1 unspecified atom stereocenters. The van der Waals surface area contributed by atoms with Crippen molar-refractivity contribution in [2.45, 2.75) is 10.6 Å². The topological polar surface area (TPSA) is 60.2 Å². The van der Waals surface area contributed by atoms with Gasteiger partial charge < -0.3 is 0 Å². The SMILES string of the molecule is O=[N+]([O-])c1cccc(CS(=O)c2ccccc2F)c1Br. The van der Waals surface area contributed by atoms with E-state index in [0.717, 1.165) is 0 Å². The molecule has 0 fully saturated rings. The maximum absolute atomic E-state index is 13.5. The van der Waals surface area contributed by atoms with Gasteiger partial charge in [-0.3, -0.25) is 14.3 Å². The molecular weight excluding hydrogens is 349 g/mol. The number of benzene rings is 2. The molecular formula is C13H9BrFNO3S. The Morgan fingerprint density at radius 1 is 1.20 bits per heavy atom. The summed E-state index contributed by atoms with van der Waals surface area (Å²) in [6.45, 7) is 0. The molecule has 0 aliphatic heterocycles. The monoisotopic (exact) mass is 357 g/mol. The molecule has 0 bridgehead atoms. The molecule has 0 radical (unpaired) electrons. The molecule has 0 aliphatic rings. The molecule has 0 aliphatic carbocycles. The molecule has 0 spiro atoms. The van der Waals surface area contributed by atoms with Gasteiger partial charge in [0.1, 0.15) is 5.82 Å². The number of nitro groups is 1. The average Bonchev–Trinajstić information content (AvgIpc) is 2.41. The van der Waals surface area contributed by atoms with Crippen LogP contribution in [0.5, 0.6) is 0 Å². The summed E-state index contributed by atoms with van der Waals surface area (Å²) in [5.74, 6) is -0.546. The smallest absolute Gasteiger partial charge is 0.258 e. The molecule has 20 heavy (non-hydrogen) atoms. The number of nitrogens with zero attached hydrogens (tertiary/aromatic N) is 1. The number of hydrogen-bond donors (Lipinski definition) is 0. The highest BCUT2D eigenvalue weighted by Crippen LogP contribution is 2.30. The Labute approximate surface area is 125 Å². The largest absolute Gasteiger partial charge is 0.283 e. The van der Waals surface area contributed by atoms with Gasteiger partial charge in [0.15, 0.2) is 0 Å². The van der Waals surface area contributed by atoms with Crippen molar-refractivity contribution in [1.29, 1.82) is 0 Å². The van der Waals surface area contributed by atoms with E-state index in [1.165, 1.54) is 30.3 Å². The predicted molar refractivity (Wildman–Crippen MR) is 77.3 cm³/mol. The summed E-state index contributed by atoms with van der Waals surface area (Å²) < 4.78 is 26.0. The Kier molecular flexibility index (Phi) is 4.61. The summed E-state index contributed by atoms with van der Waals surface area (Å²) in [7, 11) is -1.61. The quantitative estimate of drug-likeness (QED) is 0.617. The second-order valence-electron chi connectivity index (χ2n) is 3.93. The first-order valence-electron chi connectivity index (χ1n) is 5.55. The molecule has 0 amide bonds. The molecule has 2 aromatic rings. The number of halogens is 2. The van der Waals surface area contributed by atoms with Crippen molar-refractivity contribution >= 4 is 32.4 Å². The van der Waals surface area contributed by atoms with Crippen LogP contribution in [-0.2, 0) is 16.6 Å². The molecule has 0 aromatic heterocycles. The second kappa shape index (κ2) is 6.23. The molecule has 0 saturated carbocycles.